The average Bonchev–Trinajstić information content (AvgIpc) is 2.65. The number of nitrogens with one attached hydrogen (secondary N) is 1. The number of amidine groups is 1. The van der Waals surface area contributed by atoms with E-state index in [1.54, 1.807) is 24.4 Å². The zero-order valence-corrected chi connectivity index (χ0v) is 13.4. The number of halogens is 1. The van der Waals surface area contributed by atoms with E-state index in [0.717, 1.165) is 11.3 Å². The van der Waals surface area contributed by atoms with Gasteiger partial charge in [0.1, 0.15) is 0 Å². The molecule has 0 atom stereocenters. The molecule has 0 unspecified atom stereocenters. The van der Waals surface area contributed by atoms with Gasteiger partial charge in [-0.3, -0.25) is 5.43 Å². The Morgan fingerprint density at radius 3 is 2.33 bits per heavy atom. The molecule has 0 aliphatic rings. The molecule has 5 nitrogen and oxygen atoms in total. The van der Waals surface area contributed by atoms with E-state index >= 15 is 0 Å². The fourth-order valence-corrected chi connectivity index (χ4v) is 2.01. The molecule has 1 N–H and O–H groups in total. The molecular formula is C18H14ClN5. The summed E-state index contributed by atoms with van der Waals surface area (Å²) in [7, 11) is 0. The molecule has 1 aromatic heterocycles. The number of azo groups is 1. The van der Waals surface area contributed by atoms with Crippen molar-refractivity contribution in [2.45, 2.75) is 0 Å². The van der Waals surface area contributed by atoms with E-state index in [1.807, 2.05) is 54.6 Å². The van der Waals surface area contributed by atoms with E-state index in [4.69, 9.17) is 11.6 Å². The SMILES string of the molecule is Clc1ccc(N/N=C(\N=Nc2ccccn2)c2ccccc2)cc1. The molecule has 0 aliphatic carbocycles. The normalized spacial score (nSPS) is 11.6. The van der Waals surface area contributed by atoms with E-state index in [9.17, 15) is 0 Å². The monoisotopic (exact) mass is 335 g/mol. The molecular weight excluding hydrogens is 322 g/mol. The minimum atomic E-state index is 0.455. The van der Waals surface area contributed by atoms with Gasteiger partial charge in [-0.15, -0.1) is 10.2 Å². The van der Waals surface area contributed by atoms with Gasteiger partial charge in [0.15, 0.2) is 5.82 Å². The summed E-state index contributed by atoms with van der Waals surface area (Å²) >= 11 is 5.88. The molecule has 0 bridgehead atoms. The number of hydrogen-bond acceptors (Lipinski definition) is 4. The molecule has 0 fully saturated rings. The number of benzene rings is 2. The Labute approximate surface area is 144 Å². The lowest BCUT2D eigenvalue weighted by atomic mass is 10.2. The number of nitrogens with zero attached hydrogens (tertiary/aromatic N) is 4. The van der Waals surface area contributed by atoms with Crippen LogP contribution in [0.15, 0.2) is 94.3 Å². The maximum absolute atomic E-state index is 5.88. The van der Waals surface area contributed by atoms with Gasteiger partial charge in [-0.1, -0.05) is 48.0 Å². The molecule has 3 aromatic rings. The van der Waals surface area contributed by atoms with Crippen molar-refractivity contribution in [3.63, 3.8) is 0 Å². The number of anilines is 1. The van der Waals surface area contributed by atoms with Gasteiger partial charge in [-0.25, -0.2) is 4.98 Å². The van der Waals surface area contributed by atoms with Crippen molar-refractivity contribution in [1.82, 2.24) is 4.98 Å². The Hall–Kier alpha value is -3.05. The minimum absolute atomic E-state index is 0.455. The zero-order valence-electron chi connectivity index (χ0n) is 12.7. The molecule has 118 valence electrons. The van der Waals surface area contributed by atoms with E-state index in [0.29, 0.717) is 16.7 Å². The topological polar surface area (TPSA) is 62.0 Å². The first-order valence-electron chi connectivity index (χ1n) is 7.29. The lowest BCUT2D eigenvalue weighted by Crippen LogP contribution is -2.01. The predicted molar refractivity (Wildman–Crippen MR) is 96.8 cm³/mol. The van der Waals surface area contributed by atoms with E-state index in [-0.39, 0.29) is 0 Å². The van der Waals surface area contributed by atoms with Gasteiger partial charge in [0.25, 0.3) is 0 Å². The molecule has 0 amide bonds. The molecule has 24 heavy (non-hydrogen) atoms. The number of rotatable bonds is 4. The number of hydrogen-bond donors (Lipinski definition) is 1. The third kappa shape index (κ3) is 4.47. The van der Waals surface area contributed by atoms with Crippen LogP contribution >= 0.6 is 11.6 Å². The summed E-state index contributed by atoms with van der Waals surface area (Å²) in [6, 6.07) is 22.3. The fourth-order valence-electron chi connectivity index (χ4n) is 1.89. The average molecular weight is 336 g/mol. The van der Waals surface area contributed by atoms with Gasteiger partial charge >= 0.3 is 0 Å². The smallest absolute Gasteiger partial charge is 0.201 e. The van der Waals surface area contributed by atoms with Crippen molar-refractivity contribution in [2.75, 3.05) is 5.43 Å². The standard InChI is InChI=1S/C18H14ClN5/c19-15-9-11-16(12-10-15)21-23-18(14-6-2-1-3-7-14)24-22-17-8-4-5-13-20-17/h1-13,21H/b23-18-,24-22?. The minimum Gasteiger partial charge on any atom is -0.276 e. The van der Waals surface area contributed by atoms with Crippen LogP contribution in [0.25, 0.3) is 0 Å². The fraction of sp³-hybridized carbons (Fsp3) is 0. The second kappa shape index (κ2) is 7.99. The first-order chi connectivity index (χ1) is 11.8. The Bertz CT molecular complexity index is 830. The van der Waals surface area contributed by atoms with Gasteiger partial charge in [0.05, 0.1) is 5.69 Å². The molecule has 3 rings (SSSR count). The Morgan fingerprint density at radius 1 is 0.875 bits per heavy atom. The molecule has 0 aliphatic heterocycles. The summed E-state index contributed by atoms with van der Waals surface area (Å²) in [5.74, 6) is 0.976. The van der Waals surface area contributed by atoms with E-state index in [2.05, 4.69) is 25.7 Å². The van der Waals surface area contributed by atoms with Crippen molar-refractivity contribution >= 4 is 28.9 Å². The molecule has 0 radical (unpaired) electrons. The number of aromatic nitrogens is 1. The van der Waals surface area contributed by atoms with E-state index in [1.165, 1.54) is 0 Å². The van der Waals surface area contributed by atoms with Gasteiger partial charge in [0.2, 0.25) is 5.84 Å². The van der Waals surface area contributed by atoms with Crippen LogP contribution in [0.1, 0.15) is 5.56 Å². The number of pyridine rings is 1. The lowest BCUT2D eigenvalue weighted by molar-refractivity contribution is 1.16. The summed E-state index contributed by atoms with van der Waals surface area (Å²) < 4.78 is 0. The van der Waals surface area contributed by atoms with Crippen LogP contribution in [0.5, 0.6) is 0 Å². The van der Waals surface area contributed by atoms with Crippen molar-refractivity contribution < 1.29 is 0 Å². The summed E-state index contributed by atoms with van der Waals surface area (Å²) in [5, 5.41) is 13.4. The molecule has 1 heterocycles. The molecule has 0 spiro atoms. The summed E-state index contributed by atoms with van der Waals surface area (Å²) in [6.07, 6.45) is 1.67. The van der Waals surface area contributed by atoms with E-state index < -0.39 is 0 Å². The summed E-state index contributed by atoms with van der Waals surface area (Å²) in [6.45, 7) is 0. The third-order valence-electron chi connectivity index (χ3n) is 3.06. The maximum atomic E-state index is 5.88. The van der Waals surface area contributed by atoms with Gasteiger partial charge < -0.3 is 0 Å². The summed E-state index contributed by atoms with van der Waals surface area (Å²) in [5.41, 5.74) is 4.61. The highest BCUT2D eigenvalue weighted by atomic mass is 35.5. The van der Waals surface area contributed by atoms with Crippen LogP contribution in [0.2, 0.25) is 5.02 Å². The van der Waals surface area contributed by atoms with Gasteiger partial charge in [0, 0.05) is 16.8 Å². The Morgan fingerprint density at radius 2 is 1.62 bits per heavy atom. The van der Waals surface area contributed by atoms with Crippen LogP contribution < -0.4 is 5.43 Å². The second-order valence-electron chi connectivity index (χ2n) is 4.81. The van der Waals surface area contributed by atoms with Crippen LogP contribution in [0, 0.1) is 0 Å². The van der Waals surface area contributed by atoms with Crippen LogP contribution in [0.4, 0.5) is 11.5 Å². The first-order valence-corrected chi connectivity index (χ1v) is 7.66. The molecule has 6 heteroatoms. The van der Waals surface area contributed by atoms with Crippen molar-refractivity contribution in [3.8, 4) is 0 Å². The molecule has 0 saturated heterocycles. The largest absolute Gasteiger partial charge is 0.276 e. The van der Waals surface area contributed by atoms with Gasteiger partial charge in [-0.2, -0.15) is 5.10 Å². The van der Waals surface area contributed by atoms with Crippen LogP contribution in [-0.4, -0.2) is 10.8 Å². The summed E-state index contributed by atoms with van der Waals surface area (Å²) in [4.78, 5) is 4.12. The number of hydrazone groups is 1. The zero-order chi connectivity index (χ0) is 16.6. The Balaban J connectivity index is 1.86. The highest BCUT2D eigenvalue weighted by Crippen LogP contribution is 2.14. The van der Waals surface area contributed by atoms with Crippen LogP contribution in [0.3, 0.4) is 0 Å². The predicted octanol–water partition coefficient (Wildman–Crippen LogP) is 5.29. The highest BCUT2D eigenvalue weighted by molar-refractivity contribution is 6.30. The van der Waals surface area contributed by atoms with Crippen molar-refractivity contribution in [2.24, 2.45) is 15.3 Å². The van der Waals surface area contributed by atoms with Gasteiger partial charge in [-0.05, 0) is 36.4 Å². The first kappa shape index (κ1) is 15.8. The van der Waals surface area contributed by atoms with Crippen molar-refractivity contribution in [3.05, 3.63) is 89.6 Å². The second-order valence-corrected chi connectivity index (χ2v) is 5.24. The highest BCUT2D eigenvalue weighted by Gasteiger charge is 2.02. The third-order valence-corrected chi connectivity index (χ3v) is 3.32. The molecule has 2 aromatic carbocycles. The van der Waals surface area contributed by atoms with Crippen molar-refractivity contribution in [1.29, 1.82) is 0 Å². The lowest BCUT2D eigenvalue weighted by Gasteiger charge is -2.03. The van der Waals surface area contributed by atoms with Crippen LogP contribution in [-0.2, 0) is 0 Å². The Kier molecular flexibility index (Phi) is 5.27. The molecule has 0 saturated carbocycles. The maximum Gasteiger partial charge on any atom is 0.201 e. The quantitative estimate of drug-likeness (QED) is 0.304.